The van der Waals surface area contributed by atoms with Crippen molar-refractivity contribution < 1.29 is 25.2 Å². The van der Waals surface area contributed by atoms with Gasteiger partial charge in [-0.15, -0.1) is 0 Å². The molecule has 0 rings (SSSR count). The second-order valence-electron chi connectivity index (χ2n) is 5.53. The van der Waals surface area contributed by atoms with E-state index in [4.69, 9.17) is 4.74 Å². The molecule has 5 heteroatoms. The van der Waals surface area contributed by atoms with Gasteiger partial charge in [-0.2, -0.15) is 0 Å². The zero-order valence-electron chi connectivity index (χ0n) is 13.0. The van der Waals surface area contributed by atoms with E-state index < -0.39 is 0 Å². The molecule has 0 spiro atoms. The molecule has 0 aromatic heterocycles. The molecule has 0 bridgehead atoms. The Balaban J connectivity index is 4.71. The van der Waals surface area contributed by atoms with Gasteiger partial charge >= 0.3 is 0 Å². The number of rotatable bonds is 15. The normalized spacial score (nSPS) is 13.1. The number of aliphatic hydroxyl groups is 4. The second-order valence-corrected chi connectivity index (χ2v) is 5.53. The van der Waals surface area contributed by atoms with E-state index in [9.17, 15) is 20.4 Å². The van der Waals surface area contributed by atoms with E-state index in [1.54, 1.807) is 0 Å². The van der Waals surface area contributed by atoms with Gasteiger partial charge in [0, 0.05) is 26.4 Å². The molecular weight excluding hydrogens is 272 g/mol. The highest BCUT2D eigenvalue weighted by Crippen LogP contribution is 2.43. The average Bonchev–Trinajstić information content (AvgIpc) is 2.46. The van der Waals surface area contributed by atoms with E-state index in [0.717, 1.165) is 19.3 Å². The molecule has 21 heavy (non-hydrogen) atoms. The first-order valence-electron chi connectivity index (χ1n) is 7.86. The van der Waals surface area contributed by atoms with Crippen LogP contribution in [-0.4, -0.2) is 53.5 Å². The summed E-state index contributed by atoms with van der Waals surface area (Å²) in [5, 5.41) is 37.4. The maximum atomic E-state index is 9.36. The van der Waals surface area contributed by atoms with E-state index in [1.165, 1.54) is 6.26 Å². The van der Waals surface area contributed by atoms with Crippen molar-refractivity contribution in [3.8, 4) is 0 Å². The topological polar surface area (TPSA) is 90.2 Å². The number of ether oxygens (including phenoxy) is 1. The van der Waals surface area contributed by atoms with Crippen molar-refractivity contribution >= 4 is 0 Å². The Hall–Kier alpha value is -0.620. The lowest BCUT2D eigenvalue weighted by atomic mass is 9.65. The second kappa shape index (κ2) is 13.1. The molecule has 1 unspecified atom stereocenters. The molecule has 0 amide bonds. The maximum Gasteiger partial charge on any atom is 0.0873 e. The van der Waals surface area contributed by atoms with Crippen molar-refractivity contribution in [1.29, 1.82) is 0 Å². The molecule has 0 aliphatic heterocycles. The summed E-state index contributed by atoms with van der Waals surface area (Å²) in [6.07, 6.45) is 6.43. The van der Waals surface area contributed by atoms with Crippen LogP contribution in [0.15, 0.2) is 12.8 Å². The molecule has 0 aromatic rings. The highest BCUT2D eigenvalue weighted by atomic mass is 16.5. The Kier molecular flexibility index (Phi) is 12.7. The van der Waals surface area contributed by atoms with Crippen LogP contribution in [0.25, 0.3) is 0 Å². The number of unbranched alkanes of at least 4 members (excludes halogenated alkanes) is 1. The zero-order valence-corrected chi connectivity index (χ0v) is 13.0. The minimum atomic E-state index is -0.305. The fourth-order valence-corrected chi connectivity index (χ4v) is 3.23. The summed E-state index contributed by atoms with van der Waals surface area (Å²) in [6.45, 7) is 4.29. The van der Waals surface area contributed by atoms with Crippen LogP contribution in [0.4, 0.5) is 0 Å². The third kappa shape index (κ3) is 7.81. The van der Waals surface area contributed by atoms with Gasteiger partial charge in [-0.25, -0.2) is 0 Å². The van der Waals surface area contributed by atoms with E-state index >= 15 is 0 Å². The molecule has 5 nitrogen and oxygen atoms in total. The van der Waals surface area contributed by atoms with Gasteiger partial charge in [0.05, 0.1) is 12.9 Å². The van der Waals surface area contributed by atoms with Gasteiger partial charge in [0.1, 0.15) is 0 Å². The Morgan fingerprint density at radius 2 is 1.43 bits per heavy atom. The standard InChI is InChI=1S/C16H32O5/c1-2-21-14-4-3-5-15(6-10-17)16(7-11-18,8-12-19)9-13-20/h2,15,17-20H,1,3-14H2. The van der Waals surface area contributed by atoms with Crippen LogP contribution in [0.3, 0.4) is 0 Å². The number of aliphatic hydroxyl groups excluding tert-OH is 4. The zero-order chi connectivity index (χ0) is 16.0. The highest BCUT2D eigenvalue weighted by Gasteiger charge is 2.36. The first-order chi connectivity index (χ1) is 10.2. The van der Waals surface area contributed by atoms with Crippen LogP contribution in [0.2, 0.25) is 0 Å². The lowest BCUT2D eigenvalue weighted by molar-refractivity contribution is 0.0255. The van der Waals surface area contributed by atoms with Gasteiger partial charge in [0.15, 0.2) is 0 Å². The van der Waals surface area contributed by atoms with Crippen molar-refractivity contribution in [2.75, 3.05) is 33.0 Å². The SMILES string of the molecule is C=COCCCCC(CCO)C(CCO)(CCO)CCO. The Labute approximate surface area is 128 Å². The highest BCUT2D eigenvalue weighted by molar-refractivity contribution is 4.86. The molecular formula is C16H32O5. The molecule has 0 fully saturated rings. The fourth-order valence-electron chi connectivity index (χ4n) is 3.23. The van der Waals surface area contributed by atoms with Crippen molar-refractivity contribution in [2.24, 2.45) is 11.3 Å². The predicted octanol–water partition coefficient (Wildman–Crippen LogP) is 1.45. The van der Waals surface area contributed by atoms with Gasteiger partial charge in [-0.1, -0.05) is 6.58 Å². The van der Waals surface area contributed by atoms with E-state index in [-0.39, 0.29) is 37.8 Å². The van der Waals surface area contributed by atoms with Crippen molar-refractivity contribution in [3.63, 3.8) is 0 Å². The van der Waals surface area contributed by atoms with E-state index in [1.807, 2.05) is 0 Å². The first-order valence-corrected chi connectivity index (χ1v) is 7.86. The molecule has 4 N–H and O–H groups in total. The summed E-state index contributed by atoms with van der Waals surface area (Å²) in [5.74, 6) is 0.178. The Bertz CT molecular complexity index is 228. The molecule has 0 aromatic carbocycles. The molecule has 0 saturated heterocycles. The largest absolute Gasteiger partial charge is 0.502 e. The minimum Gasteiger partial charge on any atom is -0.502 e. The lowest BCUT2D eigenvalue weighted by Crippen LogP contribution is -2.35. The van der Waals surface area contributed by atoms with Crippen LogP contribution >= 0.6 is 0 Å². The summed E-state index contributed by atoms with van der Waals surface area (Å²) in [6, 6.07) is 0. The van der Waals surface area contributed by atoms with Gasteiger partial charge in [-0.05, 0) is 56.3 Å². The molecule has 0 saturated carbocycles. The first kappa shape index (κ1) is 20.4. The van der Waals surface area contributed by atoms with Crippen molar-refractivity contribution in [2.45, 2.75) is 44.9 Å². The monoisotopic (exact) mass is 304 g/mol. The minimum absolute atomic E-state index is 0.0293. The predicted molar refractivity (Wildman–Crippen MR) is 82.7 cm³/mol. The van der Waals surface area contributed by atoms with Crippen molar-refractivity contribution in [1.82, 2.24) is 0 Å². The van der Waals surface area contributed by atoms with Crippen LogP contribution in [0.5, 0.6) is 0 Å². The number of hydrogen-bond donors (Lipinski definition) is 4. The third-order valence-electron chi connectivity index (χ3n) is 4.36. The maximum absolute atomic E-state index is 9.36. The molecule has 0 heterocycles. The lowest BCUT2D eigenvalue weighted by Gasteiger charge is -2.40. The molecule has 1 atom stereocenters. The quantitative estimate of drug-likeness (QED) is 0.271. The van der Waals surface area contributed by atoms with Gasteiger partial charge in [0.25, 0.3) is 0 Å². The van der Waals surface area contributed by atoms with E-state index in [2.05, 4.69) is 6.58 Å². The molecule has 0 aliphatic carbocycles. The summed E-state index contributed by atoms with van der Waals surface area (Å²) >= 11 is 0. The third-order valence-corrected chi connectivity index (χ3v) is 4.36. The van der Waals surface area contributed by atoms with Gasteiger partial charge in [0.2, 0.25) is 0 Å². The fraction of sp³-hybridized carbons (Fsp3) is 0.875. The summed E-state index contributed by atoms with van der Waals surface area (Å²) in [4.78, 5) is 0. The van der Waals surface area contributed by atoms with Gasteiger partial charge in [-0.3, -0.25) is 0 Å². The Morgan fingerprint density at radius 3 is 1.86 bits per heavy atom. The summed E-state index contributed by atoms with van der Waals surface area (Å²) in [7, 11) is 0. The van der Waals surface area contributed by atoms with Gasteiger partial charge < -0.3 is 25.2 Å². The Morgan fingerprint density at radius 1 is 0.857 bits per heavy atom. The van der Waals surface area contributed by atoms with Crippen LogP contribution < -0.4 is 0 Å². The molecule has 126 valence electrons. The average molecular weight is 304 g/mol. The molecule has 0 aliphatic rings. The summed E-state index contributed by atoms with van der Waals surface area (Å²) in [5.41, 5.74) is -0.305. The molecule has 0 radical (unpaired) electrons. The van der Waals surface area contributed by atoms with Crippen molar-refractivity contribution in [3.05, 3.63) is 12.8 Å². The van der Waals surface area contributed by atoms with Crippen LogP contribution in [0.1, 0.15) is 44.9 Å². The number of hydrogen-bond acceptors (Lipinski definition) is 5. The smallest absolute Gasteiger partial charge is 0.0873 e. The van der Waals surface area contributed by atoms with Crippen LogP contribution in [-0.2, 0) is 4.74 Å². The van der Waals surface area contributed by atoms with Crippen LogP contribution in [0, 0.1) is 11.3 Å². The summed E-state index contributed by atoms with van der Waals surface area (Å²) < 4.78 is 5.10. The van der Waals surface area contributed by atoms with E-state index in [0.29, 0.717) is 32.3 Å².